The number of likely N-dealkylation sites (tertiary alicyclic amines) is 1. The summed E-state index contributed by atoms with van der Waals surface area (Å²) in [6.45, 7) is 2.98. The number of carboxylic acids is 1. The van der Waals surface area contributed by atoms with E-state index in [1.807, 2.05) is 17.0 Å². The molecule has 1 fully saturated rings. The largest absolute Gasteiger partial charge is 0.478 e. The standard InChI is InChI=1S/C19H20N6O3/c1-13-17(19(27)28)12-21-25(13)16-6-9-23(10-7-16)18(26)14-2-4-15(5-3-14)24-11-8-20-22-24/h2-5,8,11-12,16H,6-7,9-10H2,1H3,(H,27,28). The molecule has 9 heteroatoms. The summed E-state index contributed by atoms with van der Waals surface area (Å²) in [5, 5.41) is 21.1. The lowest BCUT2D eigenvalue weighted by atomic mass is 10.0. The minimum absolute atomic E-state index is 0.00741. The van der Waals surface area contributed by atoms with Crippen molar-refractivity contribution in [1.29, 1.82) is 0 Å². The van der Waals surface area contributed by atoms with Crippen LogP contribution in [0.25, 0.3) is 5.69 Å². The fourth-order valence-corrected chi connectivity index (χ4v) is 3.60. The van der Waals surface area contributed by atoms with E-state index in [9.17, 15) is 14.7 Å². The van der Waals surface area contributed by atoms with Gasteiger partial charge in [-0.2, -0.15) is 5.10 Å². The van der Waals surface area contributed by atoms with Gasteiger partial charge in [0.25, 0.3) is 5.91 Å². The van der Waals surface area contributed by atoms with Crippen LogP contribution in [0.3, 0.4) is 0 Å². The first-order valence-corrected chi connectivity index (χ1v) is 9.08. The first kappa shape index (κ1) is 17.9. The summed E-state index contributed by atoms with van der Waals surface area (Å²) in [4.78, 5) is 25.8. The molecule has 0 aliphatic carbocycles. The fourth-order valence-electron chi connectivity index (χ4n) is 3.60. The van der Waals surface area contributed by atoms with Gasteiger partial charge >= 0.3 is 5.97 Å². The second-order valence-electron chi connectivity index (χ2n) is 6.81. The zero-order valence-corrected chi connectivity index (χ0v) is 15.4. The van der Waals surface area contributed by atoms with Gasteiger partial charge in [0.1, 0.15) is 5.56 Å². The molecule has 0 unspecified atom stereocenters. The van der Waals surface area contributed by atoms with Crippen LogP contribution in [0.2, 0.25) is 0 Å². The van der Waals surface area contributed by atoms with E-state index in [0.717, 1.165) is 18.5 Å². The van der Waals surface area contributed by atoms with Crippen molar-refractivity contribution < 1.29 is 14.7 Å². The van der Waals surface area contributed by atoms with Crippen LogP contribution in [0.15, 0.2) is 42.9 Å². The van der Waals surface area contributed by atoms with Gasteiger partial charge in [0, 0.05) is 18.7 Å². The van der Waals surface area contributed by atoms with Gasteiger partial charge in [-0.05, 0) is 44.0 Å². The molecular weight excluding hydrogens is 360 g/mol. The zero-order chi connectivity index (χ0) is 19.7. The van der Waals surface area contributed by atoms with E-state index >= 15 is 0 Å². The van der Waals surface area contributed by atoms with Crippen molar-refractivity contribution in [3.63, 3.8) is 0 Å². The van der Waals surface area contributed by atoms with E-state index < -0.39 is 5.97 Å². The Kier molecular flexibility index (Phi) is 4.64. The Morgan fingerprint density at radius 2 is 1.86 bits per heavy atom. The number of carboxylic acid groups (broad SMARTS) is 1. The molecule has 1 aliphatic heterocycles. The molecule has 3 aromatic rings. The van der Waals surface area contributed by atoms with Crippen LogP contribution >= 0.6 is 0 Å². The number of piperidine rings is 1. The molecule has 28 heavy (non-hydrogen) atoms. The third-order valence-electron chi connectivity index (χ3n) is 5.17. The summed E-state index contributed by atoms with van der Waals surface area (Å²) in [7, 11) is 0. The highest BCUT2D eigenvalue weighted by Crippen LogP contribution is 2.25. The Bertz CT molecular complexity index is 985. The van der Waals surface area contributed by atoms with Gasteiger partial charge in [0.2, 0.25) is 0 Å². The highest BCUT2D eigenvalue weighted by Gasteiger charge is 2.27. The number of nitrogens with zero attached hydrogens (tertiary/aromatic N) is 6. The van der Waals surface area contributed by atoms with Gasteiger partial charge in [0.05, 0.1) is 36.0 Å². The SMILES string of the molecule is Cc1c(C(=O)O)cnn1C1CCN(C(=O)c2ccc(-n3ccnn3)cc2)CC1. The minimum atomic E-state index is -0.967. The molecule has 1 saturated heterocycles. The van der Waals surface area contributed by atoms with Gasteiger partial charge in [-0.25, -0.2) is 9.48 Å². The molecular formula is C19H20N6O3. The van der Waals surface area contributed by atoms with Crippen molar-refractivity contribution in [2.24, 2.45) is 0 Å². The third-order valence-corrected chi connectivity index (χ3v) is 5.17. The van der Waals surface area contributed by atoms with Crippen molar-refractivity contribution in [1.82, 2.24) is 29.7 Å². The molecule has 3 heterocycles. The normalized spacial score (nSPS) is 15.0. The molecule has 1 aromatic carbocycles. The number of hydrogen-bond donors (Lipinski definition) is 1. The third kappa shape index (κ3) is 3.26. The maximum atomic E-state index is 12.8. The lowest BCUT2D eigenvalue weighted by Crippen LogP contribution is -2.39. The number of carbonyl (C=O) groups excluding carboxylic acids is 1. The smallest absolute Gasteiger partial charge is 0.339 e. The molecule has 9 nitrogen and oxygen atoms in total. The Morgan fingerprint density at radius 1 is 1.14 bits per heavy atom. The van der Waals surface area contributed by atoms with Crippen LogP contribution in [-0.2, 0) is 0 Å². The van der Waals surface area contributed by atoms with Crippen LogP contribution in [-0.4, -0.2) is 59.7 Å². The van der Waals surface area contributed by atoms with Gasteiger partial charge < -0.3 is 10.0 Å². The lowest BCUT2D eigenvalue weighted by Gasteiger charge is -2.32. The molecule has 0 spiro atoms. The maximum absolute atomic E-state index is 12.8. The predicted molar refractivity (Wildman–Crippen MR) is 99.5 cm³/mol. The quantitative estimate of drug-likeness (QED) is 0.741. The van der Waals surface area contributed by atoms with Crippen molar-refractivity contribution in [3.05, 3.63) is 59.7 Å². The molecule has 2 aromatic heterocycles. The van der Waals surface area contributed by atoms with E-state index in [1.165, 1.54) is 6.20 Å². The van der Waals surface area contributed by atoms with Crippen molar-refractivity contribution in [3.8, 4) is 5.69 Å². The topological polar surface area (TPSA) is 106 Å². The number of aromatic carboxylic acids is 1. The highest BCUT2D eigenvalue weighted by molar-refractivity contribution is 5.94. The first-order chi connectivity index (χ1) is 13.5. The lowest BCUT2D eigenvalue weighted by molar-refractivity contribution is 0.0688. The molecule has 0 atom stereocenters. The second-order valence-corrected chi connectivity index (χ2v) is 6.81. The fraction of sp³-hybridized carbons (Fsp3) is 0.316. The highest BCUT2D eigenvalue weighted by atomic mass is 16.4. The predicted octanol–water partition coefficient (Wildman–Crippen LogP) is 1.95. The van der Waals surface area contributed by atoms with Crippen LogP contribution in [0.4, 0.5) is 0 Å². The van der Waals surface area contributed by atoms with Gasteiger partial charge in [-0.1, -0.05) is 5.21 Å². The molecule has 0 radical (unpaired) electrons. The summed E-state index contributed by atoms with van der Waals surface area (Å²) in [6.07, 6.45) is 6.22. The van der Waals surface area contributed by atoms with Gasteiger partial charge in [-0.3, -0.25) is 9.48 Å². The van der Waals surface area contributed by atoms with Crippen molar-refractivity contribution in [2.45, 2.75) is 25.8 Å². The molecule has 1 N–H and O–H groups in total. The molecule has 1 amide bonds. The zero-order valence-electron chi connectivity index (χ0n) is 15.4. The summed E-state index contributed by atoms with van der Waals surface area (Å²) < 4.78 is 3.41. The van der Waals surface area contributed by atoms with Crippen LogP contribution in [0.1, 0.15) is 45.3 Å². The molecule has 1 aliphatic rings. The van der Waals surface area contributed by atoms with Crippen LogP contribution in [0.5, 0.6) is 0 Å². The van der Waals surface area contributed by atoms with Crippen LogP contribution in [0, 0.1) is 6.92 Å². The summed E-state index contributed by atoms with van der Waals surface area (Å²) in [5.41, 5.74) is 2.36. The summed E-state index contributed by atoms with van der Waals surface area (Å²) in [5.74, 6) is -0.974. The molecule has 0 saturated carbocycles. The second kappa shape index (κ2) is 7.26. The van der Waals surface area contributed by atoms with Crippen molar-refractivity contribution >= 4 is 11.9 Å². The van der Waals surface area contributed by atoms with E-state index in [1.54, 1.807) is 40.8 Å². The Balaban J connectivity index is 1.41. The maximum Gasteiger partial charge on any atom is 0.339 e. The van der Waals surface area contributed by atoms with Crippen LogP contribution < -0.4 is 0 Å². The number of rotatable bonds is 4. The molecule has 4 rings (SSSR count). The van der Waals surface area contributed by atoms with Crippen molar-refractivity contribution in [2.75, 3.05) is 13.1 Å². The van der Waals surface area contributed by atoms with E-state index in [4.69, 9.17) is 0 Å². The minimum Gasteiger partial charge on any atom is -0.478 e. The molecule has 0 bridgehead atoms. The average molecular weight is 380 g/mol. The van der Waals surface area contributed by atoms with Gasteiger partial charge in [-0.15, -0.1) is 5.10 Å². The average Bonchev–Trinajstić information content (AvgIpc) is 3.38. The Labute approximate surface area is 161 Å². The number of amides is 1. The Morgan fingerprint density at radius 3 is 2.43 bits per heavy atom. The summed E-state index contributed by atoms with van der Waals surface area (Å²) in [6, 6.07) is 7.38. The first-order valence-electron chi connectivity index (χ1n) is 9.08. The summed E-state index contributed by atoms with van der Waals surface area (Å²) >= 11 is 0. The number of carbonyl (C=O) groups is 2. The van der Waals surface area contributed by atoms with E-state index in [2.05, 4.69) is 15.4 Å². The monoisotopic (exact) mass is 380 g/mol. The Hall–Kier alpha value is -3.49. The van der Waals surface area contributed by atoms with E-state index in [0.29, 0.717) is 24.3 Å². The molecule has 144 valence electrons. The van der Waals surface area contributed by atoms with E-state index in [-0.39, 0.29) is 17.5 Å². The number of benzene rings is 1. The van der Waals surface area contributed by atoms with Gasteiger partial charge in [0.15, 0.2) is 0 Å². The number of aromatic nitrogens is 5. The number of hydrogen-bond acceptors (Lipinski definition) is 5.